The van der Waals surface area contributed by atoms with Crippen LogP contribution < -0.4 is 21.7 Å². The van der Waals surface area contributed by atoms with Gasteiger partial charge in [-0.2, -0.15) is 11.8 Å². The van der Waals surface area contributed by atoms with Crippen LogP contribution in [-0.2, 0) is 24.0 Å². The highest BCUT2D eigenvalue weighted by Gasteiger charge is 2.31. The molecule has 0 bridgehead atoms. The Labute approximate surface area is 176 Å². The van der Waals surface area contributed by atoms with Crippen LogP contribution in [0, 0.1) is 0 Å². The van der Waals surface area contributed by atoms with E-state index in [0.29, 0.717) is 5.75 Å². The van der Waals surface area contributed by atoms with E-state index in [1.54, 1.807) is 6.26 Å². The monoisotopic (exact) mass is 452 g/mol. The molecule has 5 unspecified atom stereocenters. The van der Waals surface area contributed by atoms with E-state index in [-0.39, 0.29) is 6.42 Å². The van der Waals surface area contributed by atoms with Crippen LogP contribution in [0.25, 0.3) is 0 Å². The van der Waals surface area contributed by atoms with Crippen LogP contribution in [0.5, 0.6) is 0 Å². The largest absolute Gasteiger partial charge is 0.481 e. The third kappa shape index (κ3) is 9.87. The van der Waals surface area contributed by atoms with E-state index in [0.717, 1.165) is 0 Å². The summed E-state index contributed by atoms with van der Waals surface area (Å²) < 4.78 is 0. The summed E-state index contributed by atoms with van der Waals surface area (Å²) in [4.78, 5) is 58.6. The summed E-state index contributed by atoms with van der Waals surface area (Å²) in [6.07, 6.45) is -0.279. The molecule has 172 valence electrons. The zero-order valence-electron chi connectivity index (χ0n) is 16.5. The molecule has 3 amide bonds. The lowest BCUT2D eigenvalue weighted by atomic mass is 10.1. The van der Waals surface area contributed by atoms with E-state index in [4.69, 9.17) is 15.9 Å². The minimum absolute atomic E-state index is 0.0669. The number of thioether (sulfide) groups is 1. The molecule has 0 aromatic heterocycles. The van der Waals surface area contributed by atoms with Gasteiger partial charge in [-0.1, -0.05) is 0 Å². The molecule has 0 aliphatic rings. The third-order valence-corrected chi connectivity index (χ3v) is 4.52. The Balaban J connectivity index is 5.25. The highest BCUT2D eigenvalue weighted by atomic mass is 32.2. The first kappa shape index (κ1) is 27.6. The van der Waals surface area contributed by atoms with E-state index in [1.165, 1.54) is 18.7 Å². The lowest BCUT2D eigenvalue weighted by Crippen LogP contribution is -2.59. The maximum absolute atomic E-state index is 12.4. The van der Waals surface area contributed by atoms with Crippen molar-refractivity contribution in [3.8, 4) is 0 Å². The fourth-order valence-electron chi connectivity index (χ4n) is 2.10. The molecule has 14 heteroatoms. The van der Waals surface area contributed by atoms with Crippen molar-refractivity contribution in [3.63, 3.8) is 0 Å². The number of rotatable bonds is 14. The van der Waals surface area contributed by atoms with Crippen molar-refractivity contribution in [1.29, 1.82) is 0 Å². The SMILES string of the molecule is CSCCC(NC(=O)C(CO)NC(=O)C(N)C(C)O)C(=O)NC(CC(=O)O)C(=O)O. The average Bonchev–Trinajstić information content (AvgIpc) is 2.66. The van der Waals surface area contributed by atoms with Gasteiger partial charge in [-0.05, 0) is 25.4 Å². The van der Waals surface area contributed by atoms with Crippen molar-refractivity contribution >= 4 is 41.4 Å². The van der Waals surface area contributed by atoms with Gasteiger partial charge in [0, 0.05) is 0 Å². The van der Waals surface area contributed by atoms with Gasteiger partial charge < -0.3 is 42.1 Å². The lowest BCUT2D eigenvalue weighted by molar-refractivity contribution is -0.147. The predicted molar refractivity (Wildman–Crippen MR) is 105 cm³/mol. The van der Waals surface area contributed by atoms with Crippen LogP contribution in [0.1, 0.15) is 19.8 Å². The van der Waals surface area contributed by atoms with Crippen LogP contribution >= 0.6 is 11.8 Å². The molecule has 0 saturated heterocycles. The molecule has 13 nitrogen and oxygen atoms in total. The van der Waals surface area contributed by atoms with Crippen molar-refractivity contribution in [2.45, 2.75) is 50.0 Å². The van der Waals surface area contributed by atoms with Gasteiger partial charge in [-0.25, -0.2) is 4.79 Å². The molecule has 0 aliphatic heterocycles. The van der Waals surface area contributed by atoms with Crippen molar-refractivity contribution in [2.75, 3.05) is 18.6 Å². The molecular weight excluding hydrogens is 424 g/mol. The fraction of sp³-hybridized carbons (Fsp3) is 0.688. The van der Waals surface area contributed by atoms with Crippen LogP contribution in [0.15, 0.2) is 0 Å². The Morgan fingerprint density at radius 1 is 0.933 bits per heavy atom. The van der Waals surface area contributed by atoms with Crippen molar-refractivity contribution in [3.05, 3.63) is 0 Å². The number of nitrogens with one attached hydrogen (secondary N) is 3. The summed E-state index contributed by atoms with van der Waals surface area (Å²) in [5.74, 6) is -5.40. The zero-order valence-corrected chi connectivity index (χ0v) is 17.3. The first-order valence-electron chi connectivity index (χ1n) is 8.83. The van der Waals surface area contributed by atoms with Crippen LogP contribution in [0.3, 0.4) is 0 Å². The molecule has 0 radical (unpaired) electrons. The quantitative estimate of drug-likeness (QED) is 0.129. The van der Waals surface area contributed by atoms with Crippen LogP contribution in [0.4, 0.5) is 0 Å². The van der Waals surface area contributed by atoms with Crippen LogP contribution in [-0.4, -0.2) is 99.0 Å². The molecular formula is C16H28N4O9S. The number of carbonyl (C=O) groups is 5. The van der Waals surface area contributed by atoms with Gasteiger partial charge in [0.1, 0.15) is 24.2 Å². The Hall–Kier alpha value is -2.42. The standard InChI is InChI=1S/C16H28N4O9S/c1-7(22)12(17)15(27)20-10(6-21)14(26)18-8(3-4-30-2)13(25)19-9(16(28)29)5-11(23)24/h7-10,12,21-22H,3-6,17H2,1-2H3,(H,18,26)(H,19,25)(H,20,27)(H,23,24)(H,28,29). The fourth-order valence-corrected chi connectivity index (χ4v) is 2.58. The number of aliphatic carboxylic acids is 2. The Bertz CT molecular complexity index is 632. The summed E-state index contributed by atoms with van der Waals surface area (Å²) in [7, 11) is 0. The highest BCUT2D eigenvalue weighted by Crippen LogP contribution is 2.04. The van der Waals surface area contributed by atoms with E-state index in [1.807, 2.05) is 5.32 Å². The number of carboxylic acid groups (broad SMARTS) is 2. The Morgan fingerprint density at radius 3 is 1.87 bits per heavy atom. The number of aliphatic hydroxyl groups excluding tert-OH is 2. The van der Waals surface area contributed by atoms with Gasteiger partial charge in [-0.15, -0.1) is 0 Å². The number of hydrogen-bond donors (Lipinski definition) is 8. The number of hydrogen-bond acceptors (Lipinski definition) is 9. The first-order valence-corrected chi connectivity index (χ1v) is 10.2. The van der Waals surface area contributed by atoms with Gasteiger partial charge in [0.05, 0.1) is 19.1 Å². The molecule has 9 N–H and O–H groups in total. The van der Waals surface area contributed by atoms with E-state index in [9.17, 15) is 34.2 Å². The number of nitrogens with two attached hydrogens (primary N) is 1. The Morgan fingerprint density at radius 2 is 1.43 bits per heavy atom. The normalized spacial score (nSPS) is 15.8. The number of carbonyl (C=O) groups excluding carboxylic acids is 3. The number of aliphatic hydroxyl groups is 2. The summed E-state index contributed by atoms with van der Waals surface area (Å²) in [5, 5.41) is 43.0. The predicted octanol–water partition coefficient (Wildman–Crippen LogP) is -3.55. The molecule has 0 spiro atoms. The second kappa shape index (κ2) is 13.7. The van der Waals surface area contributed by atoms with E-state index < -0.39 is 73.0 Å². The van der Waals surface area contributed by atoms with Crippen molar-refractivity contribution < 1.29 is 44.4 Å². The molecule has 30 heavy (non-hydrogen) atoms. The maximum Gasteiger partial charge on any atom is 0.326 e. The topological polar surface area (TPSA) is 228 Å². The average molecular weight is 452 g/mol. The van der Waals surface area contributed by atoms with E-state index in [2.05, 4.69) is 10.6 Å². The molecule has 0 aromatic carbocycles. The second-order valence-electron chi connectivity index (χ2n) is 6.35. The molecule has 5 atom stereocenters. The number of amides is 3. The smallest absolute Gasteiger partial charge is 0.326 e. The number of carboxylic acids is 2. The minimum atomic E-state index is -1.71. The van der Waals surface area contributed by atoms with Gasteiger partial charge in [-0.3, -0.25) is 19.2 Å². The summed E-state index contributed by atoms with van der Waals surface area (Å²) in [6, 6.07) is -5.80. The van der Waals surface area contributed by atoms with Gasteiger partial charge in [0.2, 0.25) is 17.7 Å². The first-order chi connectivity index (χ1) is 13.9. The maximum atomic E-state index is 12.4. The second-order valence-corrected chi connectivity index (χ2v) is 7.34. The molecule has 0 aromatic rings. The van der Waals surface area contributed by atoms with Crippen LogP contribution in [0.2, 0.25) is 0 Å². The third-order valence-electron chi connectivity index (χ3n) is 3.87. The molecule has 0 aliphatic carbocycles. The molecule has 0 saturated carbocycles. The molecule has 0 rings (SSSR count). The highest BCUT2D eigenvalue weighted by molar-refractivity contribution is 7.98. The molecule has 0 heterocycles. The van der Waals surface area contributed by atoms with Gasteiger partial charge in [0.15, 0.2) is 0 Å². The lowest BCUT2D eigenvalue weighted by Gasteiger charge is -2.24. The van der Waals surface area contributed by atoms with Gasteiger partial charge >= 0.3 is 11.9 Å². The molecule has 0 fully saturated rings. The van der Waals surface area contributed by atoms with Crippen molar-refractivity contribution in [2.24, 2.45) is 5.73 Å². The summed E-state index contributed by atoms with van der Waals surface area (Å²) in [5.41, 5.74) is 5.46. The Kier molecular flexibility index (Phi) is 12.6. The zero-order chi connectivity index (χ0) is 23.4. The minimum Gasteiger partial charge on any atom is -0.481 e. The summed E-state index contributed by atoms with van der Waals surface area (Å²) >= 11 is 1.34. The van der Waals surface area contributed by atoms with E-state index >= 15 is 0 Å². The van der Waals surface area contributed by atoms with Gasteiger partial charge in [0.25, 0.3) is 0 Å². The summed E-state index contributed by atoms with van der Waals surface area (Å²) in [6.45, 7) is 0.425. The van der Waals surface area contributed by atoms with Crippen molar-refractivity contribution in [1.82, 2.24) is 16.0 Å².